The van der Waals surface area contributed by atoms with Crippen LogP contribution in [0, 0.1) is 0 Å². The lowest BCUT2D eigenvalue weighted by Gasteiger charge is -2.29. The van der Waals surface area contributed by atoms with Crippen LogP contribution in [0.15, 0.2) is 48.5 Å². The molecule has 0 aromatic heterocycles. The van der Waals surface area contributed by atoms with Crippen molar-refractivity contribution in [1.82, 2.24) is 4.90 Å². The molecule has 0 aliphatic heterocycles. The van der Waals surface area contributed by atoms with Gasteiger partial charge in [-0.3, -0.25) is 4.90 Å². The maximum Gasteiger partial charge on any atom is 0.330 e. The van der Waals surface area contributed by atoms with Crippen LogP contribution in [-0.2, 0) is 22.4 Å². The van der Waals surface area contributed by atoms with Gasteiger partial charge in [-0.05, 0) is 66.1 Å². The van der Waals surface area contributed by atoms with Crippen molar-refractivity contribution in [3.8, 4) is 5.75 Å². The normalized spacial score (nSPS) is 15.5. The van der Waals surface area contributed by atoms with E-state index in [0.29, 0.717) is 6.04 Å². The van der Waals surface area contributed by atoms with Gasteiger partial charge in [0.1, 0.15) is 5.75 Å². The van der Waals surface area contributed by atoms with Gasteiger partial charge in [-0.2, -0.15) is 0 Å². The first-order chi connectivity index (χ1) is 14.6. The molecule has 0 fully saturated rings. The maximum absolute atomic E-state index is 11.3. The van der Waals surface area contributed by atoms with Gasteiger partial charge in [0.15, 0.2) is 0 Å². The first kappa shape index (κ1) is 22.1. The molecule has 2 aromatic rings. The minimum atomic E-state index is -0.345. The van der Waals surface area contributed by atoms with Gasteiger partial charge < -0.3 is 14.6 Å². The predicted molar refractivity (Wildman–Crippen MR) is 119 cm³/mol. The molecule has 0 saturated carbocycles. The van der Waals surface area contributed by atoms with Gasteiger partial charge in [-0.25, -0.2) is 4.79 Å². The average Bonchev–Trinajstić information content (AvgIpc) is 3.21. The third kappa shape index (κ3) is 5.71. The zero-order chi connectivity index (χ0) is 21.3. The van der Waals surface area contributed by atoms with Crippen molar-refractivity contribution in [2.24, 2.45) is 0 Å². The van der Waals surface area contributed by atoms with Crippen LogP contribution < -0.4 is 4.74 Å². The van der Waals surface area contributed by atoms with Crippen LogP contribution in [0.1, 0.15) is 41.1 Å². The molecule has 0 amide bonds. The number of fused-ring (bicyclic) bond motifs is 1. The molecule has 1 aliphatic carbocycles. The Labute approximate surface area is 178 Å². The molecule has 0 heterocycles. The molecule has 1 aliphatic rings. The quantitative estimate of drug-likeness (QED) is 0.478. The summed E-state index contributed by atoms with van der Waals surface area (Å²) in [6.45, 7) is 2.02. The van der Waals surface area contributed by atoms with E-state index in [9.17, 15) is 9.90 Å². The van der Waals surface area contributed by atoms with Crippen LogP contribution in [-0.4, -0.2) is 49.9 Å². The number of hydrogen-bond donors (Lipinski definition) is 1. The predicted octanol–water partition coefficient (Wildman–Crippen LogP) is 3.80. The molecule has 3 rings (SSSR count). The summed E-state index contributed by atoms with van der Waals surface area (Å²) in [5.74, 6) is 0.528. The molecule has 1 unspecified atom stereocenters. The lowest BCUT2D eigenvalue weighted by atomic mass is 10.0. The number of hydrogen-bond acceptors (Lipinski definition) is 5. The Morgan fingerprint density at radius 2 is 1.97 bits per heavy atom. The molecule has 5 heteroatoms. The fourth-order valence-electron chi connectivity index (χ4n) is 4.09. The van der Waals surface area contributed by atoms with Crippen molar-refractivity contribution >= 4 is 12.0 Å². The highest BCUT2D eigenvalue weighted by Crippen LogP contribution is 2.36. The van der Waals surface area contributed by atoms with E-state index in [2.05, 4.69) is 40.0 Å². The number of carbonyl (C=O) groups excluding carboxylic acids is 1. The molecular weight excluding hydrogens is 378 g/mol. The summed E-state index contributed by atoms with van der Waals surface area (Å²) in [6, 6.07) is 15.0. The molecule has 0 bridgehead atoms. The van der Waals surface area contributed by atoms with Gasteiger partial charge in [0.05, 0.1) is 14.2 Å². The van der Waals surface area contributed by atoms with Crippen molar-refractivity contribution in [3.63, 3.8) is 0 Å². The van der Waals surface area contributed by atoms with Crippen molar-refractivity contribution in [2.45, 2.75) is 31.7 Å². The number of rotatable bonds is 10. The van der Waals surface area contributed by atoms with Crippen LogP contribution in [0.5, 0.6) is 5.75 Å². The number of esters is 1. The number of carbonyl (C=O) groups is 1. The minimum Gasteiger partial charge on any atom is -0.497 e. The van der Waals surface area contributed by atoms with Gasteiger partial charge >= 0.3 is 5.97 Å². The highest BCUT2D eigenvalue weighted by molar-refractivity contribution is 5.86. The monoisotopic (exact) mass is 409 g/mol. The fourth-order valence-corrected chi connectivity index (χ4v) is 4.09. The minimum absolute atomic E-state index is 0.204. The molecule has 160 valence electrons. The SMILES string of the molecule is COC(=O)/C=C/c1ccc2c(c1)CCC2N(CCCO)CCc1ccc(OC)cc1. The molecule has 0 spiro atoms. The summed E-state index contributed by atoms with van der Waals surface area (Å²) in [4.78, 5) is 13.8. The van der Waals surface area contributed by atoms with Crippen molar-refractivity contribution in [1.29, 1.82) is 0 Å². The second-order valence-electron chi connectivity index (χ2n) is 7.58. The van der Waals surface area contributed by atoms with Crippen LogP contribution in [0.3, 0.4) is 0 Å². The van der Waals surface area contributed by atoms with E-state index in [1.807, 2.05) is 12.1 Å². The zero-order valence-electron chi connectivity index (χ0n) is 17.8. The largest absolute Gasteiger partial charge is 0.497 e. The van der Waals surface area contributed by atoms with E-state index in [4.69, 9.17) is 4.74 Å². The number of aliphatic hydroxyl groups excluding tert-OH is 1. The Morgan fingerprint density at radius 1 is 1.17 bits per heavy atom. The van der Waals surface area contributed by atoms with Crippen LogP contribution >= 0.6 is 0 Å². The van der Waals surface area contributed by atoms with Gasteiger partial charge in [0, 0.05) is 31.8 Å². The molecular formula is C25H31NO4. The Balaban J connectivity index is 1.70. The number of aryl methyl sites for hydroxylation is 1. The Morgan fingerprint density at radius 3 is 2.67 bits per heavy atom. The van der Waals surface area contributed by atoms with E-state index in [1.54, 1.807) is 13.2 Å². The third-order valence-electron chi connectivity index (χ3n) is 5.72. The van der Waals surface area contributed by atoms with E-state index >= 15 is 0 Å². The molecule has 1 N–H and O–H groups in total. The van der Waals surface area contributed by atoms with Crippen LogP contribution in [0.4, 0.5) is 0 Å². The molecule has 5 nitrogen and oxygen atoms in total. The van der Waals surface area contributed by atoms with E-state index < -0.39 is 0 Å². The first-order valence-corrected chi connectivity index (χ1v) is 10.5. The lowest BCUT2D eigenvalue weighted by molar-refractivity contribution is -0.134. The first-order valence-electron chi connectivity index (χ1n) is 10.5. The second kappa shape index (κ2) is 11.0. The lowest BCUT2D eigenvalue weighted by Crippen LogP contribution is -2.31. The summed E-state index contributed by atoms with van der Waals surface area (Å²) in [5, 5.41) is 9.37. The molecule has 1 atom stereocenters. The van der Waals surface area contributed by atoms with E-state index in [0.717, 1.165) is 50.1 Å². The molecule has 0 radical (unpaired) electrons. The summed E-state index contributed by atoms with van der Waals surface area (Å²) < 4.78 is 9.91. The standard InChI is InChI=1S/C25H31NO4/c1-29-22-9-4-19(5-10-22)14-16-26(15-3-17-27)24-12-8-21-18-20(6-11-23(21)24)7-13-25(28)30-2/h4-7,9-11,13,18,24,27H,3,8,12,14-17H2,1-2H3/b13-7+. The fraction of sp³-hybridized carbons (Fsp3) is 0.400. The molecule has 0 saturated heterocycles. The topological polar surface area (TPSA) is 59.0 Å². The Kier molecular flexibility index (Phi) is 8.05. The molecule has 2 aromatic carbocycles. The number of methoxy groups -OCH3 is 2. The van der Waals surface area contributed by atoms with Gasteiger partial charge in [0.2, 0.25) is 0 Å². The van der Waals surface area contributed by atoms with Crippen molar-refractivity contribution < 1.29 is 19.4 Å². The summed E-state index contributed by atoms with van der Waals surface area (Å²) in [6.07, 6.45) is 7.09. The third-order valence-corrected chi connectivity index (χ3v) is 5.72. The smallest absolute Gasteiger partial charge is 0.330 e. The number of benzene rings is 2. The molecule has 30 heavy (non-hydrogen) atoms. The van der Waals surface area contributed by atoms with E-state index in [-0.39, 0.29) is 12.6 Å². The van der Waals surface area contributed by atoms with E-state index in [1.165, 1.54) is 29.9 Å². The summed E-state index contributed by atoms with van der Waals surface area (Å²) >= 11 is 0. The Bertz CT molecular complexity index is 860. The highest BCUT2D eigenvalue weighted by atomic mass is 16.5. The summed E-state index contributed by atoms with van der Waals surface area (Å²) in [7, 11) is 3.06. The van der Waals surface area contributed by atoms with Gasteiger partial charge in [-0.1, -0.05) is 30.3 Å². The summed E-state index contributed by atoms with van der Waals surface area (Å²) in [5.41, 5.74) is 5.00. The average molecular weight is 410 g/mol. The maximum atomic E-state index is 11.3. The number of nitrogens with zero attached hydrogens (tertiary/aromatic N) is 1. The Hall–Kier alpha value is -2.63. The number of ether oxygens (including phenoxy) is 2. The van der Waals surface area contributed by atoms with Gasteiger partial charge in [-0.15, -0.1) is 0 Å². The zero-order valence-corrected chi connectivity index (χ0v) is 17.8. The highest BCUT2D eigenvalue weighted by Gasteiger charge is 2.27. The van der Waals surface area contributed by atoms with Crippen LogP contribution in [0.25, 0.3) is 6.08 Å². The second-order valence-corrected chi connectivity index (χ2v) is 7.58. The van der Waals surface area contributed by atoms with Crippen LogP contribution in [0.2, 0.25) is 0 Å². The number of aliphatic hydroxyl groups is 1. The van der Waals surface area contributed by atoms with Crippen molar-refractivity contribution in [3.05, 3.63) is 70.8 Å². The van der Waals surface area contributed by atoms with Gasteiger partial charge in [0.25, 0.3) is 0 Å². The van der Waals surface area contributed by atoms with Crippen molar-refractivity contribution in [2.75, 3.05) is 33.9 Å².